The van der Waals surface area contributed by atoms with Gasteiger partial charge in [0, 0.05) is 18.9 Å². The lowest BCUT2D eigenvalue weighted by atomic mass is 10.3. The molecule has 2 N–H and O–H groups in total. The van der Waals surface area contributed by atoms with E-state index in [1.807, 2.05) is 48.0 Å². The van der Waals surface area contributed by atoms with Crippen LogP contribution >= 0.6 is 0 Å². The van der Waals surface area contributed by atoms with Crippen LogP contribution in [0.4, 0.5) is 0 Å². The molecule has 5 nitrogen and oxygen atoms in total. The standard InChI is InChI=1S/C14H16N4O/c1-10-4-6-18-9-11(17-13(18)7-10)8-16-14(19)12-3-2-5-15-12/h2-4,6-7,9,12,15H,5,8H2,1H3,(H,16,19)/t12-/m1/s1. The molecule has 0 saturated heterocycles. The largest absolute Gasteiger partial charge is 0.349 e. The Bertz CT molecular complexity index is 644. The predicted octanol–water partition coefficient (Wildman–Crippen LogP) is 0.787. The predicted molar refractivity (Wildman–Crippen MR) is 72.7 cm³/mol. The van der Waals surface area contributed by atoms with Crippen LogP contribution in [0.15, 0.2) is 36.7 Å². The summed E-state index contributed by atoms with van der Waals surface area (Å²) in [5.41, 5.74) is 2.94. The minimum Gasteiger partial charge on any atom is -0.349 e. The summed E-state index contributed by atoms with van der Waals surface area (Å²) in [6.45, 7) is 3.24. The van der Waals surface area contributed by atoms with Crippen LogP contribution in [0.1, 0.15) is 11.3 Å². The molecule has 1 aliphatic heterocycles. The molecule has 0 radical (unpaired) electrons. The maximum Gasteiger partial charge on any atom is 0.241 e. The van der Waals surface area contributed by atoms with E-state index in [0.29, 0.717) is 6.54 Å². The van der Waals surface area contributed by atoms with E-state index in [4.69, 9.17) is 0 Å². The Morgan fingerprint density at radius 2 is 2.53 bits per heavy atom. The number of amides is 1. The highest BCUT2D eigenvalue weighted by Gasteiger charge is 2.17. The van der Waals surface area contributed by atoms with Gasteiger partial charge in [0.05, 0.1) is 12.2 Å². The Balaban J connectivity index is 1.68. The third-order valence-electron chi connectivity index (χ3n) is 3.18. The van der Waals surface area contributed by atoms with E-state index in [1.54, 1.807) is 0 Å². The second-order valence-electron chi connectivity index (χ2n) is 4.73. The number of nitrogens with zero attached hydrogens (tertiary/aromatic N) is 2. The van der Waals surface area contributed by atoms with Gasteiger partial charge in [-0.2, -0.15) is 0 Å². The van der Waals surface area contributed by atoms with Gasteiger partial charge in [-0.05, 0) is 24.6 Å². The number of aryl methyl sites for hydroxylation is 1. The fraction of sp³-hybridized carbons (Fsp3) is 0.286. The Labute approximate surface area is 111 Å². The van der Waals surface area contributed by atoms with Crippen molar-refractivity contribution in [2.75, 3.05) is 6.54 Å². The fourth-order valence-corrected chi connectivity index (χ4v) is 2.16. The highest BCUT2D eigenvalue weighted by Crippen LogP contribution is 2.07. The average Bonchev–Trinajstić information content (AvgIpc) is 3.04. The van der Waals surface area contributed by atoms with Crippen molar-refractivity contribution in [2.24, 2.45) is 0 Å². The van der Waals surface area contributed by atoms with Crippen molar-refractivity contribution in [3.05, 3.63) is 47.9 Å². The molecule has 98 valence electrons. The van der Waals surface area contributed by atoms with E-state index in [2.05, 4.69) is 15.6 Å². The lowest BCUT2D eigenvalue weighted by molar-refractivity contribution is -0.122. The van der Waals surface area contributed by atoms with E-state index >= 15 is 0 Å². The molecule has 2 aromatic rings. The number of pyridine rings is 1. The van der Waals surface area contributed by atoms with Gasteiger partial charge in [0.2, 0.25) is 5.91 Å². The van der Waals surface area contributed by atoms with Crippen molar-refractivity contribution in [3.8, 4) is 0 Å². The van der Waals surface area contributed by atoms with Gasteiger partial charge >= 0.3 is 0 Å². The van der Waals surface area contributed by atoms with Crippen molar-refractivity contribution in [3.63, 3.8) is 0 Å². The van der Waals surface area contributed by atoms with Crippen LogP contribution in [0.2, 0.25) is 0 Å². The molecule has 1 atom stereocenters. The third kappa shape index (κ3) is 2.51. The number of imidazole rings is 1. The molecule has 2 aromatic heterocycles. The number of hydrogen-bond donors (Lipinski definition) is 2. The molecule has 1 amide bonds. The first-order valence-electron chi connectivity index (χ1n) is 6.34. The lowest BCUT2D eigenvalue weighted by Crippen LogP contribution is -2.40. The summed E-state index contributed by atoms with van der Waals surface area (Å²) in [6, 6.07) is 3.84. The second kappa shape index (κ2) is 4.85. The summed E-state index contributed by atoms with van der Waals surface area (Å²) in [6.07, 6.45) is 7.75. The van der Waals surface area contributed by atoms with Crippen molar-refractivity contribution >= 4 is 11.6 Å². The second-order valence-corrected chi connectivity index (χ2v) is 4.73. The Kier molecular flexibility index (Phi) is 3.05. The van der Waals surface area contributed by atoms with Gasteiger partial charge in [-0.15, -0.1) is 0 Å². The number of aromatic nitrogens is 2. The van der Waals surface area contributed by atoms with Gasteiger partial charge in [-0.1, -0.05) is 12.2 Å². The van der Waals surface area contributed by atoms with E-state index < -0.39 is 0 Å². The zero-order valence-electron chi connectivity index (χ0n) is 10.8. The summed E-state index contributed by atoms with van der Waals surface area (Å²) in [5, 5.41) is 5.97. The number of nitrogens with one attached hydrogen (secondary N) is 2. The zero-order valence-corrected chi connectivity index (χ0v) is 10.8. The molecule has 0 saturated carbocycles. The number of hydrogen-bond acceptors (Lipinski definition) is 3. The first kappa shape index (κ1) is 11.9. The van der Waals surface area contributed by atoms with Crippen LogP contribution in [-0.4, -0.2) is 27.9 Å². The highest BCUT2D eigenvalue weighted by atomic mass is 16.2. The first-order chi connectivity index (χ1) is 9.22. The topological polar surface area (TPSA) is 58.4 Å². The van der Waals surface area contributed by atoms with Gasteiger partial charge in [0.15, 0.2) is 0 Å². The van der Waals surface area contributed by atoms with Crippen molar-refractivity contribution in [1.29, 1.82) is 0 Å². The lowest BCUT2D eigenvalue weighted by Gasteiger charge is -2.08. The van der Waals surface area contributed by atoms with Crippen molar-refractivity contribution in [2.45, 2.75) is 19.5 Å². The molecule has 0 fully saturated rings. The number of carbonyl (C=O) groups is 1. The van der Waals surface area contributed by atoms with E-state index in [1.165, 1.54) is 5.56 Å². The molecule has 0 spiro atoms. The van der Waals surface area contributed by atoms with E-state index in [0.717, 1.165) is 17.9 Å². The molecule has 5 heteroatoms. The van der Waals surface area contributed by atoms with Crippen LogP contribution < -0.4 is 10.6 Å². The van der Waals surface area contributed by atoms with Gasteiger partial charge in [-0.25, -0.2) is 4.98 Å². The summed E-state index contributed by atoms with van der Waals surface area (Å²) in [7, 11) is 0. The van der Waals surface area contributed by atoms with E-state index in [9.17, 15) is 4.79 Å². The van der Waals surface area contributed by atoms with Gasteiger partial charge < -0.3 is 9.72 Å². The molecule has 0 bridgehead atoms. The van der Waals surface area contributed by atoms with Gasteiger partial charge in [-0.3, -0.25) is 10.1 Å². The molecule has 3 heterocycles. The molecule has 0 unspecified atom stereocenters. The summed E-state index contributed by atoms with van der Waals surface area (Å²) in [5.74, 6) is -0.0120. The molecule has 1 aliphatic rings. The van der Waals surface area contributed by atoms with Gasteiger partial charge in [0.1, 0.15) is 11.7 Å². The number of fused-ring (bicyclic) bond motifs is 1. The summed E-state index contributed by atoms with van der Waals surface area (Å²) < 4.78 is 1.96. The monoisotopic (exact) mass is 256 g/mol. The quantitative estimate of drug-likeness (QED) is 0.798. The number of carbonyl (C=O) groups excluding carboxylic acids is 1. The maximum atomic E-state index is 11.8. The third-order valence-corrected chi connectivity index (χ3v) is 3.18. The Morgan fingerprint density at radius 3 is 3.32 bits per heavy atom. The molecule has 3 rings (SSSR count). The van der Waals surface area contributed by atoms with Crippen LogP contribution in [-0.2, 0) is 11.3 Å². The van der Waals surface area contributed by atoms with Crippen LogP contribution in [0, 0.1) is 6.92 Å². The van der Waals surface area contributed by atoms with Crippen molar-refractivity contribution in [1.82, 2.24) is 20.0 Å². The van der Waals surface area contributed by atoms with Crippen LogP contribution in [0.5, 0.6) is 0 Å². The Morgan fingerprint density at radius 1 is 1.63 bits per heavy atom. The normalized spacial score (nSPS) is 18.1. The molecular weight excluding hydrogens is 240 g/mol. The van der Waals surface area contributed by atoms with Crippen molar-refractivity contribution < 1.29 is 4.79 Å². The van der Waals surface area contributed by atoms with Gasteiger partial charge in [0.25, 0.3) is 0 Å². The SMILES string of the molecule is Cc1ccn2cc(CNC(=O)[C@H]3C=CCN3)nc2c1. The summed E-state index contributed by atoms with van der Waals surface area (Å²) >= 11 is 0. The Hall–Kier alpha value is -2.14. The van der Waals surface area contributed by atoms with Crippen LogP contribution in [0.3, 0.4) is 0 Å². The minimum atomic E-state index is -0.209. The average molecular weight is 256 g/mol. The molecule has 0 aromatic carbocycles. The number of rotatable bonds is 3. The molecule has 0 aliphatic carbocycles. The highest BCUT2D eigenvalue weighted by molar-refractivity contribution is 5.84. The maximum absolute atomic E-state index is 11.8. The fourth-order valence-electron chi connectivity index (χ4n) is 2.16. The van der Waals surface area contributed by atoms with Crippen LogP contribution in [0.25, 0.3) is 5.65 Å². The smallest absolute Gasteiger partial charge is 0.241 e. The minimum absolute atomic E-state index is 0.0120. The van der Waals surface area contributed by atoms with E-state index in [-0.39, 0.29) is 11.9 Å². The summed E-state index contributed by atoms with van der Waals surface area (Å²) in [4.78, 5) is 16.3. The molecular formula is C14H16N4O. The molecule has 19 heavy (non-hydrogen) atoms. The zero-order chi connectivity index (χ0) is 13.2. The first-order valence-corrected chi connectivity index (χ1v) is 6.34.